The first-order valence-electron chi connectivity index (χ1n) is 9.28. The van der Waals surface area contributed by atoms with Gasteiger partial charge in [0.1, 0.15) is 5.75 Å². The predicted molar refractivity (Wildman–Crippen MR) is 107 cm³/mol. The zero-order chi connectivity index (χ0) is 21.7. The minimum absolute atomic E-state index is 0.0994. The van der Waals surface area contributed by atoms with Crippen molar-refractivity contribution in [1.82, 2.24) is 0 Å². The van der Waals surface area contributed by atoms with E-state index in [0.29, 0.717) is 38.5 Å². The van der Waals surface area contributed by atoms with Crippen molar-refractivity contribution in [2.24, 2.45) is 0 Å². The van der Waals surface area contributed by atoms with Crippen LogP contribution >= 0.6 is 0 Å². The molecule has 0 unspecified atom stereocenters. The summed E-state index contributed by atoms with van der Waals surface area (Å²) in [5, 5.41) is -0.914. The molecule has 0 bridgehead atoms. The topological polar surface area (TPSA) is 148 Å². The highest BCUT2D eigenvalue weighted by Gasteiger charge is 2.47. The van der Waals surface area contributed by atoms with Crippen LogP contribution in [0.4, 0.5) is 0 Å². The molecule has 0 aromatic heterocycles. The van der Waals surface area contributed by atoms with Gasteiger partial charge in [0.15, 0.2) is 0 Å². The second kappa shape index (κ2) is 9.38. The molecule has 1 aromatic rings. The van der Waals surface area contributed by atoms with Crippen LogP contribution in [0.15, 0.2) is 29.2 Å². The summed E-state index contributed by atoms with van der Waals surface area (Å²) in [5.41, 5.74) is 9.20. The maximum Gasteiger partial charge on any atom is 0.499 e. The minimum Gasteiger partial charge on any atom is -0.382 e. The van der Waals surface area contributed by atoms with Crippen molar-refractivity contribution in [2.45, 2.75) is 62.0 Å². The molecule has 2 rings (SSSR count). The minimum atomic E-state index is -4.63. The molecule has 0 radical (unpaired) electrons. The van der Waals surface area contributed by atoms with Crippen LogP contribution in [0.5, 0.6) is 5.75 Å². The van der Waals surface area contributed by atoms with Crippen LogP contribution in [0.1, 0.15) is 51.9 Å². The van der Waals surface area contributed by atoms with Gasteiger partial charge >= 0.3 is 14.5 Å². The number of hydrogen-bond acceptors (Lipinski definition) is 7. The number of benzene rings is 1. The quantitative estimate of drug-likeness (QED) is 0.198. The molecule has 9 nitrogen and oxygen atoms in total. The molecule has 1 aromatic carbocycles. The Bertz CT molecular complexity index is 1080. The monoisotopic (exact) mass is 464 g/mol. The van der Waals surface area contributed by atoms with Gasteiger partial charge in [-0.1, -0.05) is 32.6 Å². The summed E-state index contributed by atoms with van der Waals surface area (Å²) >= 11 is 0. The van der Waals surface area contributed by atoms with Crippen molar-refractivity contribution < 1.29 is 34.2 Å². The van der Waals surface area contributed by atoms with Gasteiger partial charge in [0.2, 0.25) is 0 Å². The van der Waals surface area contributed by atoms with Crippen LogP contribution in [0.3, 0.4) is 0 Å². The fourth-order valence-corrected chi connectivity index (χ4v) is 8.27. The Morgan fingerprint density at radius 1 is 1.03 bits per heavy atom. The molecule has 0 aliphatic heterocycles. The first kappa shape index (κ1) is 23.5. The summed E-state index contributed by atoms with van der Waals surface area (Å²) in [4.78, 5) is 2.17. The lowest BCUT2D eigenvalue weighted by Gasteiger charge is -2.19. The van der Waals surface area contributed by atoms with Crippen LogP contribution in [0.2, 0.25) is 0 Å². The summed E-state index contributed by atoms with van der Waals surface area (Å²) in [7, 11) is -12.8. The lowest BCUT2D eigenvalue weighted by Crippen LogP contribution is -2.35. The summed E-state index contributed by atoms with van der Waals surface area (Å²) in [5.74, 6) is -0.275. The smallest absolute Gasteiger partial charge is 0.382 e. The fraction of sp³-hybridized carbons (Fsp3) is 0.588. The van der Waals surface area contributed by atoms with Crippen LogP contribution in [0, 0.1) is 0 Å². The second-order valence-corrected chi connectivity index (χ2v) is 12.8. The molecule has 12 heteroatoms. The van der Waals surface area contributed by atoms with E-state index in [0.717, 1.165) is 30.7 Å². The summed E-state index contributed by atoms with van der Waals surface area (Å²) in [6.45, 7) is 1.83. The largest absolute Gasteiger partial charge is 0.499 e. The zero-order valence-electron chi connectivity index (χ0n) is 16.0. The van der Waals surface area contributed by atoms with E-state index in [1.807, 2.05) is 6.92 Å². The van der Waals surface area contributed by atoms with Gasteiger partial charge in [-0.2, -0.15) is 8.42 Å². The van der Waals surface area contributed by atoms with Crippen molar-refractivity contribution in [3.8, 4) is 5.75 Å². The third kappa shape index (κ3) is 5.65. The van der Waals surface area contributed by atoms with E-state index in [4.69, 9.17) is 4.18 Å². The molecular formula is C17H24N2O7S3. The van der Waals surface area contributed by atoms with E-state index in [1.54, 1.807) is 0 Å². The molecule has 1 saturated carbocycles. The molecule has 1 aliphatic carbocycles. The Morgan fingerprint density at radius 2 is 1.62 bits per heavy atom. The van der Waals surface area contributed by atoms with Gasteiger partial charge in [-0.15, -0.1) is 4.79 Å². The molecule has 0 heterocycles. The molecule has 29 heavy (non-hydrogen) atoms. The van der Waals surface area contributed by atoms with E-state index < -0.39 is 44.3 Å². The average molecular weight is 465 g/mol. The van der Waals surface area contributed by atoms with Crippen molar-refractivity contribution in [1.29, 1.82) is 0 Å². The van der Waals surface area contributed by atoms with Gasteiger partial charge in [0.05, 0.1) is 15.9 Å². The SMILES string of the molecule is CCCCS(=O)(=O)Oc1ccc(S(=O)(=O)C(=[N+]=[N-])S(=O)(=O)C2CCCCC2)cc1. The molecule has 0 atom stereocenters. The first-order chi connectivity index (χ1) is 13.5. The van der Waals surface area contributed by atoms with Gasteiger partial charge in [-0.3, -0.25) is 0 Å². The van der Waals surface area contributed by atoms with E-state index in [-0.39, 0.29) is 11.5 Å². The van der Waals surface area contributed by atoms with Gasteiger partial charge < -0.3 is 9.71 Å². The molecule has 0 saturated heterocycles. The lowest BCUT2D eigenvalue weighted by atomic mass is 10.0. The highest BCUT2D eigenvalue weighted by Crippen LogP contribution is 2.28. The summed E-state index contributed by atoms with van der Waals surface area (Å²) in [6, 6.07) is 4.25. The fourth-order valence-electron chi connectivity index (χ4n) is 3.07. The Morgan fingerprint density at radius 3 is 2.14 bits per heavy atom. The second-order valence-electron chi connectivity index (χ2n) is 6.84. The van der Waals surface area contributed by atoms with E-state index in [2.05, 4.69) is 4.79 Å². The van der Waals surface area contributed by atoms with Crippen molar-refractivity contribution >= 4 is 34.2 Å². The molecule has 162 valence electrons. The van der Waals surface area contributed by atoms with Gasteiger partial charge in [0.25, 0.3) is 19.7 Å². The zero-order valence-corrected chi connectivity index (χ0v) is 18.5. The van der Waals surface area contributed by atoms with Crippen LogP contribution in [0.25, 0.3) is 5.53 Å². The molecule has 0 amide bonds. The predicted octanol–water partition coefficient (Wildman–Crippen LogP) is 2.30. The van der Waals surface area contributed by atoms with E-state index >= 15 is 0 Å². The normalized spacial score (nSPS) is 16.2. The molecule has 0 spiro atoms. The molecule has 0 N–H and O–H groups in total. The number of nitrogens with zero attached hydrogens (tertiary/aromatic N) is 2. The average Bonchev–Trinajstić information content (AvgIpc) is 2.67. The number of unbranched alkanes of at least 4 members (excludes halogenated alkanes) is 1. The molecule has 1 fully saturated rings. The first-order valence-corrected chi connectivity index (χ1v) is 13.9. The number of hydrogen-bond donors (Lipinski definition) is 0. The van der Waals surface area contributed by atoms with Crippen molar-refractivity contribution in [3.05, 3.63) is 29.8 Å². The van der Waals surface area contributed by atoms with Crippen molar-refractivity contribution in [3.63, 3.8) is 0 Å². The third-order valence-corrected chi connectivity index (χ3v) is 10.6. The Labute approximate surface area is 171 Å². The highest BCUT2D eigenvalue weighted by molar-refractivity contribution is 8.31. The maximum absolute atomic E-state index is 12.8. The van der Waals surface area contributed by atoms with Crippen LogP contribution in [-0.2, 0) is 29.8 Å². The maximum atomic E-state index is 12.8. The Kier molecular flexibility index (Phi) is 7.61. The van der Waals surface area contributed by atoms with E-state index in [9.17, 15) is 30.8 Å². The lowest BCUT2D eigenvalue weighted by molar-refractivity contribution is 0.00370. The van der Waals surface area contributed by atoms with Crippen molar-refractivity contribution in [2.75, 3.05) is 5.75 Å². The summed E-state index contributed by atoms with van der Waals surface area (Å²) in [6.07, 6.45) is 3.87. The summed E-state index contributed by atoms with van der Waals surface area (Å²) < 4.78 is 78.2. The van der Waals surface area contributed by atoms with Gasteiger partial charge in [-0.25, -0.2) is 16.8 Å². The highest BCUT2D eigenvalue weighted by atomic mass is 32.3. The van der Waals surface area contributed by atoms with Crippen LogP contribution < -0.4 is 4.18 Å². The third-order valence-electron chi connectivity index (χ3n) is 4.65. The number of rotatable bonds is 7. The van der Waals surface area contributed by atoms with Gasteiger partial charge in [0, 0.05) is 0 Å². The Balaban J connectivity index is 2.29. The Hall–Kier alpha value is -1.75. The number of sulfone groups is 2. The standard InChI is InChI=1S/C17H24N2O7S3/c1-2-3-13-27(20,21)26-14-9-11-16(12-10-14)29(24,25)17(19-18)28(22,23)15-7-5-4-6-8-15/h9-12,15H,2-8,13H2,1H3. The van der Waals surface area contributed by atoms with E-state index in [1.165, 1.54) is 0 Å². The van der Waals surface area contributed by atoms with Crippen LogP contribution in [-0.4, -0.2) is 45.4 Å². The molecular weight excluding hydrogens is 440 g/mol. The molecule has 1 aliphatic rings. The van der Waals surface area contributed by atoms with Gasteiger partial charge in [-0.05, 0) is 43.5 Å².